The molecule has 37 heavy (non-hydrogen) atoms. The van der Waals surface area contributed by atoms with Gasteiger partial charge in [0.2, 0.25) is 5.91 Å². The highest BCUT2D eigenvalue weighted by molar-refractivity contribution is 6.11. The van der Waals surface area contributed by atoms with Crippen LogP contribution in [0.1, 0.15) is 52.9 Å². The van der Waals surface area contributed by atoms with Gasteiger partial charge in [-0.15, -0.1) is 0 Å². The van der Waals surface area contributed by atoms with Crippen LogP contribution in [-0.2, 0) is 11.2 Å². The molecule has 2 aliphatic rings. The Morgan fingerprint density at radius 3 is 2.65 bits per heavy atom. The smallest absolute Gasteiger partial charge is 0.220 e. The summed E-state index contributed by atoms with van der Waals surface area (Å²) in [7, 11) is 3.24. The maximum Gasteiger partial charge on any atom is 0.220 e. The van der Waals surface area contributed by atoms with Crippen molar-refractivity contribution in [2.75, 3.05) is 27.3 Å². The number of methoxy groups -OCH3 is 2. The third kappa shape index (κ3) is 5.52. The van der Waals surface area contributed by atoms with Gasteiger partial charge in [-0.2, -0.15) is 0 Å². The molecule has 2 aromatic carbocycles. The number of pyridine rings is 1. The molecule has 2 unspecified atom stereocenters. The number of para-hydroxylation sites is 1. The molecular formula is C30H33N3O4. The van der Waals surface area contributed by atoms with Gasteiger partial charge in [-0.3, -0.25) is 9.59 Å². The Bertz CT molecular complexity index is 1320. The van der Waals surface area contributed by atoms with E-state index in [4.69, 9.17) is 14.5 Å². The van der Waals surface area contributed by atoms with Crippen LogP contribution in [0.2, 0.25) is 0 Å². The number of nitrogens with one attached hydrogen (secondary N) is 2. The van der Waals surface area contributed by atoms with Gasteiger partial charge in [-0.05, 0) is 80.1 Å². The highest BCUT2D eigenvalue weighted by atomic mass is 16.5. The third-order valence-corrected chi connectivity index (χ3v) is 7.29. The van der Waals surface area contributed by atoms with Crippen LogP contribution in [0.3, 0.4) is 0 Å². The average Bonchev–Trinajstić information content (AvgIpc) is 2.93. The monoisotopic (exact) mass is 499 g/mol. The molecule has 1 aromatic heterocycles. The first-order valence-electron chi connectivity index (χ1n) is 12.9. The van der Waals surface area contributed by atoms with Crippen LogP contribution < -0.4 is 20.1 Å². The molecule has 0 bridgehead atoms. The van der Waals surface area contributed by atoms with Crippen molar-refractivity contribution < 1.29 is 19.1 Å². The number of ether oxygens (including phenoxy) is 2. The number of hydrogen-bond donors (Lipinski definition) is 2. The first kappa shape index (κ1) is 25.0. The summed E-state index contributed by atoms with van der Waals surface area (Å²) in [5.74, 6) is 1.66. The van der Waals surface area contributed by atoms with Gasteiger partial charge in [0.15, 0.2) is 5.78 Å². The van der Waals surface area contributed by atoms with Gasteiger partial charge in [0.1, 0.15) is 17.5 Å². The minimum Gasteiger partial charge on any atom is -0.497 e. The Kier molecular flexibility index (Phi) is 7.51. The molecule has 0 saturated carbocycles. The number of carbonyl (C=O) groups excluding carboxylic acids is 2. The molecule has 1 saturated heterocycles. The van der Waals surface area contributed by atoms with Crippen LogP contribution in [0, 0.1) is 5.92 Å². The first-order valence-corrected chi connectivity index (χ1v) is 12.9. The zero-order valence-electron chi connectivity index (χ0n) is 21.4. The summed E-state index contributed by atoms with van der Waals surface area (Å²) >= 11 is 0. The van der Waals surface area contributed by atoms with Crippen molar-refractivity contribution in [3.8, 4) is 11.5 Å². The minimum absolute atomic E-state index is 0.0927. The van der Waals surface area contributed by atoms with E-state index in [9.17, 15) is 9.59 Å². The Balaban J connectivity index is 1.44. The lowest BCUT2D eigenvalue weighted by atomic mass is 9.87. The lowest BCUT2D eigenvalue weighted by Gasteiger charge is -2.24. The van der Waals surface area contributed by atoms with E-state index in [1.165, 1.54) is 0 Å². The molecular weight excluding hydrogens is 466 g/mol. The number of fused-ring (bicyclic) bond motifs is 2. The summed E-state index contributed by atoms with van der Waals surface area (Å²) in [5.41, 5.74) is 3.86. The van der Waals surface area contributed by atoms with Gasteiger partial charge < -0.3 is 20.1 Å². The summed E-state index contributed by atoms with van der Waals surface area (Å²) in [4.78, 5) is 31.3. The normalized spacial score (nSPS) is 18.9. The van der Waals surface area contributed by atoms with Crippen molar-refractivity contribution in [3.63, 3.8) is 0 Å². The maximum atomic E-state index is 13.8. The van der Waals surface area contributed by atoms with Crippen LogP contribution in [0.25, 0.3) is 17.0 Å². The second-order valence-corrected chi connectivity index (χ2v) is 9.79. The summed E-state index contributed by atoms with van der Waals surface area (Å²) in [5, 5.41) is 7.27. The second kappa shape index (κ2) is 11.1. The fraction of sp³-hybridized carbons (Fsp3) is 0.367. The minimum atomic E-state index is -0.703. The molecule has 2 heterocycles. The molecule has 5 rings (SSSR count). The molecule has 0 spiro atoms. The number of carbonyl (C=O) groups is 2. The SMILES string of the molecule is COc1cc(Cc2c3c(nc4ccccc24)C=CC(NC(=O)CCC2CCCNC2)C3=O)cc(OC)c1. The van der Waals surface area contributed by atoms with Crippen LogP contribution in [0.5, 0.6) is 11.5 Å². The molecule has 0 radical (unpaired) electrons. The Hall–Kier alpha value is -3.71. The first-order chi connectivity index (χ1) is 18.1. The standard InChI is InChI=1S/C30H33N3O4/c1-36-21-14-20(15-22(17-21)37-2)16-24-23-7-3-4-8-25(23)32-26-10-11-27(30(35)29(24)26)33-28(34)12-9-19-6-5-13-31-18-19/h3-4,7-8,10-11,14-15,17,19,27,31H,5-6,9,12-13,16,18H2,1-2H3,(H,33,34). The number of piperidine rings is 1. The zero-order chi connectivity index (χ0) is 25.8. The van der Waals surface area contributed by atoms with Crippen molar-refractivity contribution in [2.45, 2.75) is 38.1 Å². The number of nitrogens with zero attached hydrogens (tertiary/aromatic N) is 1. The van der Waals surface area contributed by atoms with Crippen molar-refractivity contribution >= 4 is 28.7 Å². The molecule has 7 heteroatoms. The quantitative estimate of drug-likeness (QED) is 0.480. The largest absolute Gasteiger partial charge is 0.497 e. The Labute approximate surface area is 217 Å². The third-order valence-electron chi connectivity index (χ3n) is 7.29. The van der Waals surface area contributed by atoms with Gasteiger partial charge in [0.05, 0.1) is 25.4 Å². The molecule has 2 N–H and O–H groups in total. The van der Waals surface area contributed by atoms with E-state index in [2.05, 4.69) is 10.6 Å². The van der Waals surface area contributed by atoms with Crippen LogP contribution in [0.15, 0.2) is 48.5 Å². The fourth-order valence-electron chi connectivity index (χ4n) is 5.35. The Morgan fingerprint density at radius 1 is 1.14 bits per heavy atom. The number of amides is 1. The average molecular weight is 500 g/mol. The van der Waals surface area contributed by atoms with E-state index >= 15 is 0 Å². The summed E-state index contributed by atoms with van der Waals surface area (Å²) < 4.78 is 10.9. The number of hydrogen-bond acceptors (Lipinski definition) is 6. The van der Waals surface area contributed by atoms with Gasteiger partial charge in [-0.1, -0.05) is 24.3 Å². The second-order valence-electron chi connectivity index (χ2n) is 9.79. The number of benzene rings is 2. The molecule has 1 fully saturated rings. The number of aromatic nitrogens is 1. The van der Waals surface area contributed by atoms with E-state index in [0.717, 1.165) is 54.4 Å². The molecule has 2 atom stereocenters. The summed E-state index contributed by atoms with van der Waals surface area (Å²) in [6.07, 6.45) is 7.65. The highest BCUT2D eigenvalue weighted by Crippen LogP contribution is 2.32. The number of Topliss-reactive ketones (excluding diaryl/α,β-unsaturated/α-hetero) is 1. The predicted molar refractivity (Wildman–Crippen MR) is 144 cm³/mol. The van der Waals surface area contributed by atoms with Crippen molar-refractivity contribution in [3.05, 3.63) is 70.9 Å². The molecule has 192 valence electrons. The van der Waals surface area contributed by atoms with Crippen LogP contribution >= 0.6 is 0 Å². The van der Waals surface area contributed by atoms with Crippen LogP contribution in [0.4, 0.5) is 0 Å². The molecule has 3 aromatic rings. The van der Waals surface area contributed by atoms with E-state index in [0.29, 0.717) is 41.5 Å². The lowest BCUT2D eigenvalue weighted by Crippen LogP contribution is -2.41. The Morgan fingerprint density at radius 2 is 1.92 bits per heavy atom. The predicted octanol–water partition coefficient (Wildman–Crippen LogP) is 4.32. The van der Waals surface area contributed by atoms with Gasteiger partial charge >= 0.3 is 0 Å². The van der Waals surface area contributed by atoms with E-state index in [1.807, 2.05) is 48.5 Å². The highest BCUT2D eigenvalue weighted by Gasteiger charge is 2.30. The maximum absolute atomic E-state index is 13.8. The van der Waals surface area contributed by atoms with Crippen molar-refractivity contribution in [1.82, 2.24) is 15.6 Å². The number of rotatable bonds is 8. The lowest BCUT2D eigenvalue weighted by molar-refractivity contribution is -0.121. The molecule has 1 amide bonds. The molecule has 1 aliphatic carbocycles. The van der Waals surface area contributed by atoms with Gasteiger partial charge in [0.25, 0.3) is 0 Å². The summed E-state index contributed by atoms with van der Waals surface area (Å²) in [6.45, 7) is 2.01. The number of ketones is 1. The zero-order valence-corrected chi connectivity index (χ0v) is 21.4. The fourth-order valence-corrected chi connectivity index (χ4v) is 5.35. The van der Waals surface area contributed by atoms with Gasteiger partial charge in [0, 0.05) is 23.4 Å². The van der Waals surface area contributed by atoms with Crippen LogP contribution in [-0.4, -0.2) is 50.0 Å². The topological polar surface area (TPSA) is 89.5 Å². The van der Waals surface area contributed by atoms with Crippen molar-refractivity contribution in [2.24, 2.45) is 5.92 Å². The molecule has 1 aliphatic heterocycles. The van der Waals surface area contributed by atoms with Crippen molar-refractivity contribution in [1.29, 1.82) is 0 Å². The van der Waals surface area contributed by atoms with E-state index < -0.39 is 6.04 Å². The van der Waals surface area contributed by atoms with E-state index in [1.54, 1.807) is 20.3 Å². The van der Waals surface area contributed by atoms with Gasteiger partial charge in [-0.25, -0.2) is 4.98 Å². The molecule has 7 nitrogen and oxygen atoms in total. The summed E-state index contributed by atoms with van der Waals surface area (Å²) in [6, 6.07) is 12.9. The van der Waals surface area contributed by atoms with E-state index in [-0.39, 0.29) is 11.7 Å².